The molecule has 0 radical (unpaired) electrons. The number of ether oxygens (including phenoxy) is 1. The van der Waals surface area contributed by atoms with E-state index in [1.54, 1.807) is 0 Å². The van der Waals surface area contributed by atoms with E-state index < -0.39 is 0 Å². The van der Waals surface area contributed by atoms with Gasteiger partial charge in [0.25, 0.3) is 0 Å². The molecule has 1 aliphatic carbocycles. The van der Waals surface area contributed by atoms with Crippen LogP contribution in [-0.2, 0) is 11.3 Å². The lowest BCUT2D eigenvalue weighted by Crippen LogP contribution is -2.42. The van der Waals surface area contributed by atoms with Crippen molar-refractivity contribution in [2.45, 2.75) is 13.0 Å². The zero-order valence-electron chi connectivity index (χ0n) is 14.9. The number of allylic oxidation sites excluding steroid dienone is 5. The lowest BCUT2D eigenvalue weighted by Gasteiger charge is -2.35. The average molecular weight is 352 g/mol. The number of hydrogen-bond donors (Lipinski definition) is 1. The Bertz CT molecular complexity index is 1150. The number of hydrogen-bond acceptors (Lipinski definition) is 3. The van der Waals surface area contributed by atoms with Crippen LogP contribution in [0.2, 0.25) is 0 Å². The Morgan fingerprint density at radius 1 is 0.963 bits per heavy atom. The van der Waals surface area contributed by atoms with Crippen LogP contribution in [0.25, 0.3) is 11.3 Å². The molecule has 0 fully saturated rings. The first-order valence-electron chi connectivity index (χ1n) is 9.16. The zero-order chi connectivity index (χ0) is 18.2. The minimum absolute atomic E-state index is 0.509. The predicted molar refractivity (Wildman–Crippen MR) is 108 cm³/mol. The van der Waals surface area contributed by atoms with Gasteiger partial charge in [-0.25, -0.2) is 0 Å². The topological polar surface area (TPSA) is 38.5 Å². The first kappa shape index (κ1) is 15.8. The summed E-state index contributed by atoms with van der Waals surface area (Å²) in [6.07, 6.45) is 11.3. The van der Waals surface area contributed by atoms with Gasteiger partial charge in [-0.15, -0.1) is 0 Å². The van der Waals surface area contributed by atoms with Crippen LogP contribution in [0, 0.1) is 0 Å². The Balaban J connectivity index is 1.67. The van der Waals surface area contributed by atoms with Gasteiger partial charge < -0.3 is 15.4 Å². The number of nitrogens with two attached hydrogens (primary N) is 1. The molecule has 0 unspecified atom stereocenters. The van der Waals surface area contributed by atoms with E-state index >= 15 is 0 Å². The van der Waals surface area contributed by atoms with Crippen molar-refractivity contribution in [1.82, 2.24) is 4.90 Å². The third-order valence-electron chi connectivity index (χ3n) is 5.08. The van der Waals surface area contributed by atoms with Crippen LogP contribution in [0.3, 0.4) is 0 Å². The molecule has 2 N–H and O–H groups in total. The maximum Gasteiger partial charge on any atom is 0.146 e. The van der Waals surface area contributed by atoms with Gasteiger partial charge in [0, 0.05) is 23.2 Å². The molecule has 2 aromatic carbocycles. The van der Waals surface area contributed by atoms with E-state index in [0.717, 1.165) is 23.4 Å². The summed E-state index contributed by atoms with van der Waals surface area (Å²) in [6.45, 7) is 0.509. The van der Waals surface area contributed by atoms with Gasteiger partial charge in [0.15, 0.2) is 0 Å². The Morgan fingerprint density at radius 2 is 1.74 bits per heavy atom. The van der Waals surface area contributed by atoms with Crippen LogP contribution >= 0.6 is 0 Å². The number of benzene rings is 2. The third kappa shape index (κ3) is 2.68. The fourth-order valence-corrected chi connectivity index (χ4v) is 3.86. The summed E-state index contributed by atoms with van der Waals surface area (Å²) < 4.78 is 6.25. The van der Waals surface area contributed by atoms with Crippen LogP contribution in [0.4, 0.5) is 0 Å². The van der Waals surface area contributed by atoms with Crippen molar-refractivity contribution in [3.05, 3.63) is 118 Å². The van der Waals surface area contributed by atoms with E-state index in [-0.39, 0.29) is 0 Å². The molecule has 0 bridgehead atoms. The fourth-order valence-electron chi connectivity index (χ4n) is 3.86. The van der Waals surface area contributed by atoms with E-state index in [1.165, 1.54) is 21.7 Å². The summed E-state index contributed by atoms with van der Waals surface area (Å²) in [5.41, 5.74) is 11.6. The Hall–Kier alpha value is -3.46. The molecule has 27 heavy (non-hydrogen) atoms. The monoisotopic (exact) mass is 352 g/mol. The standard InChI is InChI=1S/C24H20N2O/c25-18-14-23(27-16-17-8-2-1-3-9-17)24-21-12-5-4-10-19(21)20-11-6-7-13-22(20)26(24)15-18/h1-10,12-15H,11,16,25H2. The number of fused-ring (bicyclic) bond motifs is 4. The van der Waals surface area contributed by atoms with Crippen molar-refractivity contribution in [3.8, 4) is 0 Å². The molecule has 0 aromatic heterocycles. The van der Waals surface area contributed by atoms with E-state index in [1.807, 2.05) is 30.5 Å². The maximum absolute atomic E-state index is 6.25. The van der Waals surface area contributed by atoms with Crippen molar-refractivity contribution in [2.75, 3.05) is 0 Å². The molecule has 3 aliphatic rings. The van der Waals surface area contributed by atoms with Crippen LogP contribution < -0.4 is 16.2 Å². The van der Waals surface area contributed by atoms with Crippen LogP contribution in [0.1, 0.15) is 12.0 Å². The number of nitrogens with zero attached hydrogens (tertiary/aromatic N) is 1. The summed E-state index contributed by atoms with van der Waals surface area (Å²) in [6, 6.07) is 18.7. The molecule has 2 heterocycles. The molecule has 2 aliphatic heterocycles. The average Bonchev–Trinajstić information content (AvgIpc) is 2.73. The quantitative estimate of drug-likeness (QED) is 0.923. The Labute approximate surface area is 158 Å². The van der Waals surface area contributed by atoms with Gasteiger partial charge in [-0.05, 0) is 28.9 Å². The normalized spacial score (nSPS) is 17.3. The number of rotatable bonds is 3. The van der Waals surface area contributed by atoms with Crippen LogP contribution in [0.5, 0.6) is 0 Å². The lowest BCUT2D eigenvalue weighted by atomic mass is 9.93. The van der Waals surface area contributed by atoms with Crippen LogP contribution in [-0.4, -0.2) is 4.90 Å². The molecular formula is C24H20N2O. The first-order valence-corrected chi connectivity index (χ1v) is 9.16. The second-order valence-electron chi connectivity index (χ2n) is 6.84. The SMILES string of the molecule is NC1=CN2C3=CC=CCC3=c3ccccc3=C2C(OCc2ccccc2)=C1. The minimum Gasteiger partial charge on any atom is -0.487 e. The van der Waals surface area contributed by atoms with E-state index in [0.29, 0.717) is 12.3 Å². The van der Waals surface area contributed by atoms with Crippen LogP contribution in [0.15, 0.2) is 102 Å². The van der Waals surface area contributed by atoms with Gasteiger partial charge in [0.05, 0.1) is 11.4 Å². The fraction of sp³-hybridized carbons (Fsp3) is 0.0833. The summed E-state index contributed by atoms with van der Waals surface area (Å²) in [7, 11) is 0. The molecule has 0 saturated carbocycles. The van der Waals surface area contributed by atoms with E-state index in [9.17, 15) is 0 Å². The highest BCUT2D eigenvalue weighted by molar-refractivity contribution is 5.79. The van der Waals surface area contributed by atoms with Crippen molar-refractivity contribution in [2.24, 2.45) is 5.73 Å². The van der Waals surface area contributed by atoms with E-state index in [4.69, 9.17) is 10.5 Å². The highest BCUT2D eigenvalue weighted by Gasteiger charge is 2.28. The van der Waals surface area contributed by atoms with Gasteiger partial charge in [0.2, 0.25) is 0 Å². The van der Waals surface area contributed by atoms with Crippen molar-refractivity contribution in [1.29, 1.82) is 0 Å². The van der Waals surface area contributed by atoms with Gasteiger partial charge in [-0.3, -0.25) is 0 Å². The highest BCUT2D eigenvalue weighted by atomic mass is 16.5. The summed E-state index contributed by atoms with van der Waals surface area (Å²) in [4.78, 5) is 2.18. The molecule has 5 rings (SSSR count). The molecule has 3 heteroatoms. The summed E-state index contributed by atoms with van der Waals surface area (Å²) in [5, 5.41) is 2.45. The van der Waals surface area contributed by atoms with E-state index in [2.05, 4.69) is 59.5 Å². The first-order chi connectivity index (χ1) is 13.3. The van der Waals surface area contributed by atoms with Crippen molar-refractivity contribution >= 4 is 11.3 Å². The molecule has 2 aromatic rings. The van der Waals surface area contributed by atoms with Gasteiger partial charge in [0.1, 0.15) is 12.4 Å². The maximum atomic E-state index is 6.25. The summed E-state index contributed by atoms with van der Waals surface area (Å²) >= 11 is 0. The molecule has 3 nitrogen and oxygen atoms in total. The lowest BCUT2D eigenvalue weighted by molar-refractivity contribution is 0.206. The van der Waals surface area contributed by atoms with Crippen molar-refractivity contribution in [3.63, 3.8) is 0 Å². The predicted octanol–water partition coefficient (Wildman–Crippen LogP) is 3.02. The zero-order valence-corrected chi connectivity index (χ0v) is 14.9. The van der Waals surface area contributed by atoms with Gasteiger partial charge in [-0.1, -0.05) is 66.7 Å². The largest absolute Gasteiger partial charge is 0.487 e. The molecular weight excluding hydrogens is 332 g/mol. The van der Waals surface area contributed by atoms with Crippen molar-refractivity contribution < 1.29 is 4.74 Å². The second kappa shape index (κ2) is 6.36. The molecule has 0 atom stereocenters. The van der Waals surface area contributed by atoms with Gasteiger partial charge >= 0.3 is 0 Å². The molecule has 132 valence electrons. The third-order valence-corrected chi connectivity index (χ3v) is 5.08. The Kier molecular flexibility index (Phi) is 3.72. The second-order valence-corrected chi connectivity index (χ2v) is 6.84. The van der Waals surface area contributed by atoms with Gasteiger partial charge in [-0.2, -0.15) is 0 Å². The Morgan fingerprint density at radius 3 is 2.59 bits per heavy atom. The summed E-state index contributed by atoms with van der Waals surface area (Å²) in [5.74, 6) is 0.806. The minimum atomic E-state index is 0.509. The molecule has 0 spiro atoms. The molecule has 0 amide bonds. The highest BCUT2D eigenvalue weighted by Crippen LogP contribution is 2.35. The smallest absolute Gasteiger partial charge is 0.146 e. The molecule has 0 saturated heterocycles.